The summed E-state index contributed by atoms with van der Waals surface area (Å²) in [7, 11) is 0. The summed E-state index contributed by atoms with van der Waals surface area (Å²) in [4.78, 5) is 26.7. The van der Waals surface area contributed by atoms with Gasteiger partial charge in [-0.2, -0.15) is 4.91 Å². The summed E-state index contributed by atoms with van der Waals surface area (Å²) in [6.45, 7) is 3.98. The number of aryl methyl sites for hydroxylation is 2. The third kappa shape index (κ3) is 6.12. The first-order valence-corrected chi connectivity index (χ1v) is 10.6. The first-order valence-electron chi connectivity index (χ1n) is 10.6. The van der Waals surface area contributed by atoms with E-state index in [1.54, 1.807) is 6.20 Å². The fourth-order valence-electron chi connectivity index (χ4n) is 3.79. The predicted octanol–water partition coefficient (Wildman–Crippen LogP) is 5.94. The summed E-state index contributed by atoms with van der Waals surface area (Å²) in [5, 5.41) is 12.2. The van der Waals surface area contributed by atoms with Gasteiger partial charge in [0, 0.05) is 29.8 Å². The minimum absolute atomic E-state index is 0.0126. The fraction of sp³-hybridized carbons (Fsp3) is 0.259. The Hall–Kier alpha value is -3.78. The Labute approximate surface area is 188 Å². The van der Waals surface area contributed by atoms with Crippen LogP contribution in [0.2, 0.25) is 0 Å². The van der Waals surface area contributed by atoms with Gasteiger partial charge in [0.05, 0.1) is 6.42 Å². The number of aliphatic carboxylic acids is 1. The van der Waals surface area contributed by atoms with Crippen LogP contribution in [0.5, 0.6) is 0 Å². The Morgan fingerprint density at radius 2 is 1.81 bits per heavy atom. The number of rotatable bonds is 8. The summed E-state index contributed by atoms with van der Waals surface area (Å²) >= 11 is 0. The molecule has 0 spiro atoms. The van der Waals surface area contributed by atoms with Crippen LogP contribution in [0, 0.1) is 30.6 Å². The second kappa shape index (κ2) is 11.0. The van der Waals surface area contributed by atoms with E-state index in [2.05, 4.69) is 41.1 Å². The van der Waals surface area contributed by atoms with Crippen molar-refractivity contribution in [1.29, 1.82) is 0 Å². The van der Waals surface area contributed by atoms with Crippen LogP contribution in [-0.4, -0.2) is 16.1 Å². The number of carboxylic acid groups (broad SMARTS) is 1. The van der Waals surface area contributed by atoms with Gasteiger partial charge in [0.25, 0.3) is 0 Å². The van der Waals surface area contributed by atoms with E-state index >= 15 is 0 Å². The highest BCUT2D eigenvalue weighted by Gasteiger charge is 2.23. The molecule has 2 aromatic carbocycles. The Bertz CT molecular complexity index is 1140. The molecule has 0 saturated carbocycles. The zero-order chi connectivity index (χ0) is 22.9. The Morgan fingerprint density at radius 1 is 1.06 bits per heavy atom. The molecule has 5 nitrogen and oxygen atoms in total. The lowest BCUT2D eigenvalue weighted by Crippen LogP contribution is -2.09. The molecule has 1 heterocycles. The Morgan fingerprint density at radius 3 is 2.47 bits per heavy atom. The quantitative estimate of drug-likeness (QED) is 0.357. The molecule has 32 heavy (non-hydrogen) atoms. The highest BCUT2D eigenvalue weighted by Crippen LogP contribution is 2.37. The largest absolute Gasteiger partial charge is 0.481 e. The van der Waals surface area contributed by atoms with Crippen LogP contribution in [0.25, 0.3) is 0 Å². The highest BCUT2D eigenvalue weighted by atomic mass is 16.4. The molecule has 1 aromatic heterocycles. The fourth-order valence-corrected chi connectivity index (χ4v) is 3.79. The van der Waals surface area contributed by atoms with Gasteiger partial charge in [-0.15, -0.1) is 0 Å². The lowest BCUT2D eigenvalue weighted by molar-refractivity contribution is -0.136. The number of nitrogens with zero attached hydrogens (tertiary/aromatic N) is 2. The molecule has 0 saturated heterocycles. The number of hydrogen-bond acceptors (Lipinski definition) is 4. The number of pyridine rings is 1. The predicted molar refractivity (Wildman–Crippen MR) is 125 cm³/mol. The van der Waals surface area contributed by atoms with E-state index in [0.717, 1.165) is 33.5 Å². The van der Waals surface area contributed by atoms with Gasteiger partial charge in [0.2, 0.25) is 0 Å². The van der Waals surface area contributed by atoms with Crippen molar-refractivity contribution in [2.75, 3.05) is 0 Å². The molecule has 0 aliphatic heterocycles. The second-order valence-electron chi connectivity index (χ2n) is 7.81. The number of hydrogen-bond donors (Lipinski definition) is 1. The van der Waals surface area contributed by atoms with Gasteiger partial charge in [-0.1, -0.05) is 53.4 Å². The van der Waals surface area contributed by atoms with Gasteiger partial charge >= 0.3 is 5.97 Å². The van der Waals surface area contributed by atoms with Crippen LogP contribution in [0.1, 0.15) is 64.7 Å². The van der Waals surface area contributed by atoms with E-state index in [0.29, 0.717) is 12.8 Å². The van der Waals surface area contributed by atoms with Crippen LogP contribution < -0.4 is 0 Å². The molecule has 3 rings (SSSR count). The lowest BCUT2D eigenvalue weighted by Gasteiger charge is -2.23. The van der Waals surface area contributed by atoms with Crippen molar-refractivity contribution in [3.05, 3.63) is 105 Å². The van der Waals surface area contributed by atoms with Crippen LogP contribution >= 0.6 is 0 Å². The third-order valence-electron chi connectivity index (χ3n) is 5.47. The smallest absolute Gasteiger partial charge is 0.304 e. The van der Waals surface area contributed by atoms with Crippen molar-refractivity contribution in [3.63, 3.8) is 0 Å². The topological polar surface area (TPSA) is 79.6 Å². The molecule has 0 fully saturated rings. The minimum Gasteiger partial charge on any atom is -0.481 e. The zero-order valence-corrected chi connectivity index (χ0v) is 18.3. The Kier molecular flexibility index (Phi) is 7.88. The van der Waals surface area contributed by atoms with E-state index in [1.807, 2.05) is 55.5 Å². The van der Waals surface area contributed by atoms with Crippen LogP contribution in [0.15, 0.2) is 72.0 Å². The molecule has 2 atom stereocenters. The summed E-state index contributed by atoms with van der Waals surface area (Å²) in [6, 6.07) is 19.4. The molecule has 2 unspecified atom stereocenters. The van der Waals surface area contributed by atoms with Crippen molar-refractivity contribution in [2.45, 2.75) is 45.1 Å². The number of benzene rings is 2. The van der Waals surface area contributed by atoms with E-state index in [-0.39, 0.29) is 12.3 Å². The van der Waals surface area contributed by atoms with Crippen molar-refractivity contribution < 1.29 is 9.90 Å². The monoisotopic (exact) mass is 426 g/mol. The molecule has 0 radical (unpaired) electrons. The average Bonchev–Trinajstić information content (AvgIpc) is 2.79. The maximum absolute atomic E-state index is 11.8. The number of carboxylic acids is 1. The summed E-state index contributed by atoms with van der Waals surface area (Å²) < 4.78 is 0. The summed E-state index contributed by atoms with van der Waals surface area (Å²) in [5.74, 6) is 5.05. The van der Waals surface area contributed by atoms with E-state index < -0.39 is 12.0 Å². The molecule has 0 bridgehead atoms. The van der Waals surface area contributed by atoms with Crippen molar-refractivity contribution in [3.8, 4) is 11.8 Å². The first kappa shape index (κ1) is 22.9. The van der Waals surface area contributed by atoms with E-state index in [9.17, 15) is 9.70 Å². The molecular weight excluding hydrogens is 400 g/mol. The molecular formula is C27H26N2O3. The maximum atomic E-state index is 11.8. The second-order valence-corrected chi connectivity index (χ2v) is 7.81. The molecule has 3 aromatic rings. The van der Waals surface area contributed by atoms with Gasteiger partial charge in [0.15, 0.2) is 0 Å². The third-order valence-corrected chi connectivity index (χ3v) is 5.47. The average molecular weight is 427 g/mol. The summed E-state index contributed by atoms with van der Waals surface area (Å²) in [6.07, 6.45) is 2.61. The van der Waals surface area contributed by atoms with Crippen LogP contribution in [0.4, 0.5) is 0 Å². The van der Waals surface area contributed by atoms with Crippen molar-refractivity contribution >= 4 is 5.97 Å². The standard InChI is InChI=1S/C27H26N2O3/c1-19-7-3-5-9-24(19)25(18-26(29-32)23-15-16-28-20(2)17-23)22-13-11-21(12-14-22)8-4-6-10-27(30)31/h3,5,7,9,11-17,25-26H,6,10,18H2,1-2H3,(H,30,31). The number of aromatic nitrogens is 1. The van der Waals surface area contributed by atoms with Gasteiger partial charge in [-0.3, -0.25) is 9.78 Å². The zero-order valence-electron chi connectivity index (χ0n) is 18.3. The van der Waals surface area contributed by atoms with Crippen LogP contribution in [-0.2, 0) is 4.79 Å². The first-order chi connectivity index (χ1) is 15.5. The van der Waals surface area contributed by atoms with Crippen molar-refractivity contribution in [2.24, 2.45) is 5.18 Å². The molecule has 0 aliphatic carbocycles. The van der Waals surface area contributed by atoms with Crippen molar-refractivity contribution in [1.82, 2.24) is 4.98 Å². The van der Waals surface area contributed by atoms with Gasteiger partial charge in [-0.25, -0.2) is 0 Å². The van der Waals surface area contributed by atoms with E-state index in [1.165, 1.54) is 0 Å². The molecule has 0 aliphatic rings. The van der Waals surface area contributed by atoms with Crippen LogP contribution in [0.3, 0.4) is 0 Å². The maximum Gasteiger partial charge on any atom is 0.304 e. The number of carbonyl (C=O) groups is 1. The van der Waals surface area contributed by atoms with E-state index in [4.69, 9.17) is 5.11 Å². The van der Waals surface area contributed by atoms with Gasteiger partial charge in [-0.05, 0) is 66.8 Å². The molecule has 5 heteroatoms. The van der Waals surface area contributed by atoms with Gasteiger partial charge in [0.1, 0.15) is 6.04 Å². The SMILES string of the molecule is Cc1cc(C(CC(c2ccc(C#CCCC(=O)O)cc2)c2ccccc2C)N=O)ccn1. The van der Waals surface area contributed by atoms with Gasteiger partial charge < -0.3 is 5.11 Å². The molecule has 1 N–H and O–H groups in total. The molecule has 162 valence electrons. The lowest BCUT2D eigenvalue weighted by atomic mass is 9.82. The summed E-state index contributed by atoms with van der Waals surface area (Å²) in [5.41, 5.74) is 5.95. The highest BCUT2D eigenvalue weighted by molar-refractivity contribution is 5.67. The normalized spacial score (nSPS) is 12.3. The number of nitroso groups, excluding NO2 is 1. The Balaban J connectivity index is 1.91. The minimum atomic E-state index is -0.849. The molecule has 0 amide bonds.